The van der Waals surface area contributed by atoms with Crippen LogP contribution in [0.5, 0.6) is 5.75 Å². The molecule has 0 radical (unpaired) electrons. The number of rotatable bonds is 3. The average Bonchev–Trinajstić information content (AvgIpc) is 3.30. The topological polar surface area (TPSA) is 75.7 Å². The number of hydrogen-bond donors (Lipinski definition) is 1. The SMILES string of the molecule is O=C1CCC(N2Cc3cc(O[C@@H]4C[C@@H]5CC[C@H]4C5)ccc3C2=O)C(=O)N1. The molecule has 5 rings (SSSR count). The number of hydrogen-bond acceptors (Lipinski definition) is 4. The largest absolute Gasteiger partial charge is 0.490 e. The molecule has 1 saturated heterocycles. The highest BCUT2D eigenvalue weighted by Crippen LogP contribution is 2.46. The fraction of sp³-hybridized carbons (Fsp3) is 0.550. The van der Waals surface area contributed by atoms with Crippen LogP contribution in [0, 0.1) is 11.8 Å². The minimum Gasteiger partial charge on any atom is -0.490 e. The van der Waals surface area contributed by atoms with E-state index in [0.717, 1.165) is 23.7 Å². The first kappa shape index (κ1) is 15.9. The first-order valence-corrected chi connectivity index (χ1v) is 9.53. The van der Waals surface area contributed by atoms with E-state index in [1.54, 1.807) is 4.90 Å². The third-order valence-corrected chi connectivity index (χ3v) is 6.46. The summed E-state index contributed by atoms with van der Waals surface area (Å²) in [6.45, 7) is 0.397. The van der Waals surface area contributed by atoms with Crippen LogP contribution in [0.15, 0.2) is 18.2 Å². The third-order valence-electron chi connectivity index (χ3n) is 6.46. The summed E-state index contributed by atoms with van der Waals surface area (Å²) in [5.74, 6) is 1.54. The lowest BCUT2D eigenvalue weighted by Gasteiger charge is -2.29. The molecule has 2 heterocycles. The van der Waals surface area contributed by atoms with E-state index < -0.39 is 6.04 Å². The second-order valence-corrected chi connectivity index (χ2v) is 8.05. The number of nitrogens with zero attached hydrogens (tertiary/aromatic N) is 1. The van der Waals surface area contributed by atoms with Gasteiger partial charge in [0.25, 0.3) is 5.91 Å². The number of nitrogens with one attached hydrogen (secondary N) is 1. The van der Waals surface area contributed by atoms with Gasteiger partial charge in [-0.15, -0.1) is 0 Å². The van der Waals surface area contributed by atoms with E-state index in [9.17, 15) is 14.4 Å². The molecular formula is C20H22N2O4. The first-order valence-electron chi connectivity index (χ1n) is 9.53. The second-order valence-electron chi connectivity index (χ2n) is 8.05. The maximum atomic E-state index is 12.7. The number of imide groups is 1. The van der Waals surface area contributed by atoms with E-state index in [0.29, 0.717) is 30.6 Å². The minimum atomic E-state index is -0.567. The second kappa shape index (κ2) is 5.83. The Morgan fingerprint density at radius 1 is 1.08 bits per heavy atom. The Kier molecular flexibility index (Phi) is 3.55. The molecule has 136 valence electrons. The van der Waals surface area contributed by atoms with Crippen molar-refractivity contribution < 1.29 is 19.1 Å². The van der Waals surface area contributed by atoms with Gasteiger partial charge in [0.05, 0.1) is 0 Å². The van der Waals surface area contributed by atoms with Crippen LogP contribution < -0.4 is 10.1 Å². The number of ether oxygens (including phenoxy) is 1. The molecule has 6 nitrogen and oxygen atoms in total. The van der Waals surface area contributed by atoms with Crippen molar-refractivity contribution in [3.63, 3.8) is 0 Å². The highest BCUT2D eigenvalue weighted by Gasteiger charge is 2.42. The maximum absolute atomic E-state index is 12.7. The molecule has 2 bridgehead atoms. The number of carbonyl (C=O) groups excluding carboxylic acids is 3. The van der Waals surface area contributed by atoms with Crippen molar-refractivity contribution in [3.8, 4) is 5.75 Å². The van der Waals surface area contributed by atoms with E-state index in [-0.39, 0.29) is 24.1 Å². The minimum absolute atomic E-state index is 0.138. The van der Waals surface area contributed by atoms with Gasteiger partial charge in [0, 0.05) is 18.5 Å². The molecule has 4 aliphatic rings. The van der Waals surface area contributed by atoms with Gasteiger partial charge in [-0.1, -0.05) is 0 Å². The number of benzene rings is 1. The van der Waals surface area contributed by atoms with Crippen LogP contribution in [-0.2, 0) is 16.1 Å². The van der Waals surface area contributed by atoms with Crippen molar-refractivity contribution >= 4 is 17.7 Å². The summed E-state index contributed by atoms with van der Waals surface area (Å²) < 4.78 is 6.23. The van der Waals surface area contributed by atoms with E-state index in [4.69, 9.17) is 4.74 Å². The Morgan fingerprint density at radius 2 is 1.96 bits per heavy atom. The van der Waals surface area contributed by atoms with Crippen LogP contribution in [-0.4, -0.2) is 34.8 Å². The molecule has 0 spiro atoms. The van der Waals surface area contributed by atoms with Crippen molar-refractivity contribution in [2.45, 2.75) is 57.2 Å². The van der Waals surface area contributed by atoms with Gasteiger partial charge in [0.1, 0.15) is 17.9 Å². The monoisotopic (exact) mass is 354 g/mol. The summed E-state index contributed by atoms with van der Waals surface area (Å²) in [6.07, 6.45) is 6.00. The maximum Gasteiger partial charge on any atom is 0.255 e. The van der Waals surface area contributed by atoms with Gasteiger partial charge in [-0.3, -0.25) is 19.7 Å². The van der Waals surface area contributed by atoms with E-state index in [2.05, 4.69) is 5.32 Å². The van der Waals surface area contributed by atoms with Gasteiger partial charge in [-0.25, -0.2) is 0 Å². The van der Waals surface area contributed by atoms with Gasteiger partial charge < -0.3 is 9.64 Å². The van der Waals surface area contributed by atoms with Crippen LogP contribution in [0.25, 0.3) is 0 Å². The quantitative estimate of drug-likeness (QED) is 0.843. The predicted octanol–water partition coefficient (Wildman–Crippen LogP) is 2.02. The molecule has 3 amide bonds. The van der Waals surface area contributed by atoms with Gasteiger partial charge in [-0.2, -0.15) is 0 Å². The third kappa shape index (κ3) is 2.50. The molecule has 3 fully saturated rings. The van der Waals surface area contributed by atoms with Crippen molar-refractivity contribution in [2.24, 2.45) is 11.8 Å². The summed E-state index contributed by atoms with van der Waals surface area (Å²) in [7, 11) is 0. The summed E-state index contributed by atoms with van der Waals surface area (Å²) in [4.78, 5) is 37.7. The molecule has 2 aliphatic carbocycles. The summed E-state index contributed by atoms with van der Waals surface area (Å²) in [5, 5.41) is 2.33. The Labute approximate surface area is 151 Å². The molecule has 1 aromatic rings. The molecule has 0 aromatic heterocycles. The van der Waals surface area contributed by atoms with E-state index in [1.807, 2.05) is 18.2 Å². The van der Waals surface area contributed by atoms with E-state index >= 15 is 0 Å². The number of carbonyl (C=O) groups is 3. The van der Waals surface area contributed by atoms with E-state index in [1.165, 1.54) is 19.3 Å². The van der Waals surface area contributed by atoms with Crippen LogP contribution in [0.4, 0.5) is 0 Å². The van der Waals surface area contributed by atoms with Crippen LogP contribution in [0.1, 0.15) is 54.4 Å². The summed E-state index contributed by atoms with van der Waals surface area (Å²) in [5.41, 5.74) is 1.54. The van der Waals surface area contributed by atoms with Crippen molar-refractivity contribution in [3.05, 3.63) is 29.3 Å². The Balaban J connectivity index is 1.32. The Bertz CT molecular complexity index is 805. The lowest BCUT2D eigenvalue weighted by atomic mass is 9.97. The summed E-state index contributed by atoms with van der Waals surface area (Å²) >= 11 is 0. The molecule has 1 N–H and O–H groups in total. The molecule has 4 atom stereocenters. The molecule has 2 saturated carbocycles. The first-order chi connectivity index (χ1) is 12.6. The number of amides is 3. The fourth-order valence-electron chi connectivity index (χ4n) is 5.13. The fourth-order valence-corrected chi connectivity index (χ4v) is 5.13. The normalized spacial score (nSPS) is 32.8. The number of piperidine rings is 1. The van der Waals surface area contributed by atoms with Crippen LogP contribution >= 0.6 is 0 Å². The lowest BCUT2D eigenvalue weighted by Crippen LogP contribution is -2.52. The van der Waals surface area contributed by atoms with Crippen molar-refractivity contribution in [2.75, 3.05) is 0 Å². The molecule has 2 aliphatic heterocycles. The standard InChI is InChI=1S/C20H22N2O4/c23-18-6-5-16(19(24)21-18)22-10-13-9-14(3-4-15(13)20(22)25)26-17-8-11-1-2-12(17)7-11/h3-4,9,11-12,16-17H,1-2,5-8,10H2,(H,21,23,24)/t11-,12+,16?,17-/m1/s1. The highest BCUT2D eigenvalue weighted by atomic mass is 16.5. The lowest BCUT2D eigenvalue weighted by molar-refractivity contribution is -0.136. The predicted molar refractivity (Wildman–Crippen MR) is 92.4 cm³/mol. The highest BCUT2D eigenvalue weighted by molar-refractivity contribution is 6.05. The van der Waals surface area contributed by atoms with Gasteiger partial charge >= 0.3 is 0 Å². The number of fused-ring (bicyclic) bond motifs is 3. The average molecular weight is 354 g/mol. The van der Waals surface area contributed by atoms with Gasteiger partial charge in [-0.05, 0) is 67.7 Å². The molecule has 1 unspecified atom stereocenters. The smallest absolute Gasteiger partial charge is 0.255 e. The summed E-state index contributed by atoms with van der Waals surface area (Å²) in [6, 6.07) is 5.07. The molecule has 6 heteroatoms. The van der Waals surface area contributed by atoms with Crippen LogP contribution in [0.3, 0.4) is 0 Å². The Morgan fingerprint density at radius 3 is 2.69 bits per heavy atom. The van der Waals surface area contributed by atoms with Gasteiger partial charge in [0.2, 0.25) is 11.8 Å². The zero-order chi connectivity index (χ0) is 17.8. The molecule has 1 aromatic carbocycles. The zero-order valence-corrected chi connectivity index (χ0v) is 14.6. The van der Waals surface area contributed by atoms with Crippen LogP contribution in [0.2, 0.25) is 0 Å². The van der Waals surface area contributed by atoms with Gasteiger partial charge in [0.15, 0.2) is 0 Å². The zero-order valence-electron chi connectivity index (χ0n) is 14.6. The van der Waals surface area contributed by atoms with Crippen molar-refractivity contribution in [1.82, 2.24) is 10.2 Å². The molecule has 26 heavy (non-hydrogen) atoms. The molecular weight excluding hydrogens is 332 g/mol. The van der Waals surface area contributed by atoms with Crippen molar-refractivity contribution in [1.29, 1.82) is 0 Å². The Hall–Kier alpha value is -2.37.